The number of carbonyl (C=O) groups excluding carboxylic acids is 1. The number of rotatable bonds is 6. The molecule has 190 valence electrons. The van der Waals surface area contributed by atoms with Crippen LogP contribution in [0.2, 0.25) is 0 Å². The van der Waals surface area contributed by atoms with Gasteiger partial charge in [-0.05, 0) is 55.4 Å². The lowest BCUT2D eigenvalue weighted by Gasteiger charge is -2.44. The molecule has 0 unspecified atom stereocenters. The van der Waals surface area contributed by atoms with Gasteiger partial charge in [0, 0.05) is 74.2 Å². The third-order valence-electron chi connectivity index (χ3n) is 7.71. The maximum atomic E-state index is 13.4. The topological polar surface area (TPSA) is 42.6 Å². The summed E-state index contributed by atoms with van der Waals surface area (Å²) in [5.74, 6) is -4.27. The summed E-state index contributed by atoms with van der Waals surface area (Å²) in [4.78, 5) is 17.7. The van der Waals surface area contributed by atoms with Gasteiger partial charge in [-0.1, -0.05) is 18.2 Å². The molecule has 1 N–H and O–H groups in total. The minimum Gasteiger partial charge on any atom is -0.377 e. The lowest BCUT2D eigenvalue weighted by atomic mass is 9.89. The van der Waals surface area contributed by atoms with Crippen LogP contribution in [-0.4, -0.2) is 65.0 Å². The van der Waals surface area contributed by atoms with Crippen molar-refractivity contribution in [2.45, 2.75) is 37.6 Å². The van der Waals surface area contributed by atoms with E-state index in [1.807, 2.05) is 4.90 Å². The number of para-hydroxylation sites is 1. The number of hydrogen-bond acceptors (Lipinski definition) is 4. The molecule has 2 fully saturated rings. The number of likely N-dealkylation sites (tertiary alicyclic amines) is 1. The van der Waals surface area contributed by atoms with Gasteiger partial charge in [0.15, 0.2) is 23.2 Å². The predicted molar refractivity (Wildman–Crippen MR) is 134 cm³/mol. The van der Waals surface area contributed by atoms with Gasteiger partial charge in [0.25, 0.3) is 0 Å². The van der Waals surface area contributed by atoms with Crippen LogP contribution in [0.1, 0.15) is 47.5 Å². The van der Waals surface area contributed by atoms with E-state index in [2.05, 4.69) is 52.5 Å². The molecule has 0 radical (unpaired) electrons. The first-order chi connectivity index (χ1) is 17.4. The Hall–Kier alpha value is -3.10. The second-order valence-corrected chi connectivity index (χ2v) is 9.79. The highest BCUT2D eigenvalue weighted by molar-refractivity contribution is 6.04. The normalized spacial score (nSPS) is 18.6. The van der Waals surface area contributed by atoms with Gasteiger partial charge in [0.2, 0.25) is 0 Å². The van der Waals surface area contributed by atoms with Crippen molar-refractivity contribution in [3.05, 3.63) is 83.4 Å². The van der Waals surface area contributed by atoms with Crippen LogP contribution in [0.3, 0.4) is 0 Å². The summed E-state index contributed by atoms with van der Waals surface area (Å²) in [6.45, 7) is 3.63. The van der Waals surface area contributed by atoms with Crippen molar-refractivity contribution in [1.82, 2.24) is 19.9 Å². The number of hydrazine groups is 1. The highest BCUT2D eigenvalue weighted by Gasteiger charge is 2.29. The number of benzene rings is 2. The number of H-pyrrole nitrogens is 1. The number of fused-ring (bicyclic) bond motifs is 1. The molecule has 0 aliphatic carbocycles. The minimum atomic E-state index is -1.57. The molecule has 0 saturated carbocycles. The van der Waals surface area contributed by atoms with Crippen molar-refractivity contribution in [1.29, 1.82) is 0 Å². The number of nitrogens with zero attached hydrogens (tertiary/aromatic N) is 3. The van der Waals surface area contributed by atoms with Gasteiger partial charge in [-0.2, -0.15) is 0 Å². The zero-order valence-electron chi connectivity index (χ0n) is 20.4. The molecule has 0 spiro atoms. The molecule has 2 saturated heterocycles. The fraction of sp³-hybridized carbons (Fsp3) is 0.393. The Labute approximate surface area is 209 Å². The highest BCUT2D eigenvalue weighted by atomic mass is 19.2. The first kappa shape index (κ1) is 24.6. The Morgan fingerprint density at radius 1 is 1.00 bits per heavy atom. The van der Waals surface area contributed by atoms with Crippen LogP contribution in [0.15, 0.2) is 54.9 Å². The first-order valence-electron chi connectivity index (χ1n) is 12.6. The molecule has 3 heterocycles. The number of hydrogen-bond donors (Lipinski definition) is 1. The molecule has 0 atom stereocenters. The van der Waals surface area contributed by atoms with Crippen LogP contribution in [0, 0.1) is 17.5 Å². The summed E-state index contributed by atoms with van der Waals surface area (Å²) in [6, 6.07) is 10.4. The van der Waals surface area contributed by atoms with E-state index in [0.29, 0.717) is 12.0 Å². The van der Waals surface area contributed by atoms with Crippen LogP contribution in [0.5, 0.6) is 0 Å². The number of halogens is 3. The van der Waals surface area contributed by atoms with Gasteiger partial charge in [-0.15, -0.1) is 0 Å². The van der Waals surface area contributed by atoms with E-state index in [1.54, 1.807) is 6.20 Å². The molecule has 1 aromatic heterocycles. The molecule has 2 aliphatic rings. The molecule has 5 nitrogen and oxygen atoms in total. The van der Waals surface area contributed by atoms with Crippen LogP contribution < -0.4 is 0 Å². The van der Waals surface area contributed by atoms with Gasteiger partial charge in [-0.25, -0.2) is 23.2 Å². The number of carbonyl (C=O) groups is 1. The van der Waals surface area contributed by atoms with E-state index in [9.17, 15) is 18.0 Å². The van der Waals surface area contributed by atoms with Crippen molar-refractivity contribution in [3.63, 3.8) is 0 Å². The van der Waals surface area contributed by atoms with E-state index in [4.69, 9.17) is 0 Å². The second kappa shape index (κ2) is 10.5. The molecule has 0 bridgehead atoms. The van der Waals surface area contributed by atoms with Gasteiger partial charge >= 0.3 is 0 Å². The van der Waals surface area contributed by atoms with Gasteiger partial charge in [-0.3, -0.25) is 4.79 Å². The summed E-state index contributed by atoms with van der Waals surface area (Å²) in [6.07, 6.45) is 9.30. The van der Waals surface area contributed by atoms with E-state index in [0.717, 1.165) is 64.0 Å². The molecule has 2 aromatic carbocycles. The van der Waals surface area contributed by atoms with Crippen LogP contribution >= 0.6 is 0 Å². The van der Waals surface area contributed by atoms with Crippen molar-refractivity contribution in [3.8, 4) is 0 Å². The molecular formula is C28H31F3N4O. The average molecular weight is 497 g/mol. The van der Waals surface area contributed by atoms with Gasteiger partial charge < -0.3 is 9.88 Å². The highest BCUT2D eigenvalue weighted by Crippen LogP contribution is 2.34. The van der Waals surface area contributed by atoms with Crippen LogP contribution in [-0.2, 0) is 0 Å². The zero-order valence-corrected chi connectivity index (χ0v) is 20.4. The van der Waals surface area contributed by atoms with Crippen molar-refractivity contribution >= 4 is 16.7 Å². The summed E-state index contributed by atoms with van der Waals surface area (Å²) >= 11 is 0. The number of aromatic amines is 1. The molecule has 8 heteroatoms. The quantitative estimate of drug-likeness (QED) is 0.279. The minimum absolute atomic E-state index is 0.201. The smallest absolute Gasteiger partial charge is 0.194 e. The average Bonchev–Trinajstić information content (AvgIpc) is 3.34. The van der Waals surface area contributed by atoms with E-state index < -0.39 is 23.2 Å². The number of ketones is 1. The fourth-order valence-electron chi connectivity index (χ4n) is 5.53. The summed E-state index contributed by atoms with van der Waals surface area (Å²) in [5, 5.41) is 6.18. The lowest BCUT2D eigenvalue weighted by Crippen LogP contribution is -2.52. The second-order valence-electron chi connectivity index (χ2n) is 9.79. The molecular weight excluding hydrogens is 465 g/mol. The van der Waals surface area contributed by atoms with Crippen molar-refractivity contribution in [2.24, 2.45) is 0 Å². The zero-order chi connectivity index (χ0) is 25.2. The van der Waals surface area contributed by atoms with E-state index >= 15 is 0 Å². The third kappa shape index (κ3) is 5.06. The summed E-state index contributed by atoms with van der Waals surface area (Å²) in [7, 11) is 2.17. The Morgan fingerprint density at radius 3 is 2.36 bits per heavy atom. The Bertz CT molecular complexity index is 1230. The molecule has 5 rings (SSSR count). The van der Waals surface area contributed by atoms with Gasteiger partial charge in [0.05, 0.1) is 0 Å². The predicted octanol–water partition coefficient (Wildman–Crippen LogP) is 5.47. The van der Waals surface area contributed by atoms with Crippen LogP contribution in [0.4, 0.5) is 13.2 Å². The Balaban J connectivity index is 1.11. The maximum Gasteiger partial charge on any atom is 0.194 e. The fourth-order valence-corrected chi connectivity index (χ4v) is 5.53. The number of aromatic nitrogens is 1. The van der Waals surface area contributed by atoms with Crippen LogP contribution in [0.25, 0.3) is 10.9 Å². The first-order valence-corrected chi connectivity index (χ1v) is 12.6. The van der Waals surface area contributed by atoms with Crippen molar-refractivity contribution < 1.29 is 18.0 Å². The van der Waals surface area contributed by atoms with Crippen molar-refractivity contribution in [2.75, 3.05) is 33.2 Å². The largest absolute Gasteiger partial charge is 0.377 e. The number of nitrogens with one attached hydrogen (secondary N) is 1. The van der Waals surface area contributed by atoms with E-state index in [1.165, 1.54) is 22.5 Å². The maximum absolute atomic E-state index is 13.4. The Morgan fingerprint density at radius 2 is 1.67 bits per heavy atom. The summed E-state index contributed by atoms with van der Waals surface area (Å²) < 4.78 is 40.0. The standard InChI is InChI=1S/C28H31F3N4O/c1-33(35-14-6-19(7-15-35)23-18-32-26-5-3-2-4-22(23)26)21-8-11-34(12-9-21)13-10-27(36)20-16-24(29)28(31)25(30)17-20/h2-5,10,13,16-19,21,32H,6-9,11-12,14-15H2,1H3. The monoisotopic (exact) mass is 496 g/mol. The molecule has 2 aliphatic heterocycles. The van der Waals surface area contributed by atoms with E-state index in [-0.39, 0.29) is 5.56 Å². The number of piperidine rings is 2. The molecule has 3 aromatic rings. The number of allylic oxidation sites excluding steroid dienone is 1. The molecule has 36 heavy (non-hydrogen) atoms. The van der Waals surface area contributed by atoms with Gasteiger partial charge in [0.1, 0.15) is 0 Å². The molecule has 0 amide bonds. The lowest BCUT2D eigenvalue weighted by molar-refractivity contribution is -0.0668. The summed E-state index contributed by atoms with van der Waals surface area (Å²) in [5.41, 5.74) is 2.42. The Kier molecular flexibility index (Phi) is 7.16. The SMILES string of the molecule is CN(C1CCN(C=CC(=O)c2cc(F)c(F)c(F)c2)CC1)N1CCC(c2c[nH]c3ccccc23)CC1. The third-order valence-corrected chi connectivity index (χ3v) is 7.71.